The Labute approximate surface area is 114 Å². The van der Waals surface area contributed by atoms with Crippen molar-refractivity contribution in [3.63, 3.8) is 0 Å². The molecule has 0 saturated carbocycles. The molecular formula is C11H15BrClN3O. The lowest BCUT2D eigenvalue weighted by Gasteiger charge is -2.17. The van der Waals surface area contributed by atoms with E-state index in [1.54, 1.807) is 0 Å². The Hall–Kier alpha value is -0.780. The second-order valence-electron chi connectivity index (χ2n) is 3.81. The molecule has 0 aromatic heterocycles. The van der Waals surface area contributed by atoms with Crippen LogP contribution in [-0.4, -0.2) is 29.5 Å². The van der Waals surface area contributed by atoms with Gasteiger partial charge in [-0.3, -0.25) is 0 Å². The average Bonchev–Trinajstić information content (AvgIpc) is 2.29. The summed E-state index contributed by atoms with van der Waals surface area (Å²) in [5.41, 5.74) is 6.46. The van der Waals surface area contributed by atoms with E-state index in [1.807, 2.05) is 25.2 Å². The van der Waals surface area contributed by atoms with Gasteiger partial charge in [0.15, 0.2) is 0 Å². The number of hydrogen-bond acceptors (Lipinski definition) is 3. The van der Waals surface area contributed by atoms with E-state index in [2.05, 4.69) is 26.0 Å². The Kier molecular flexibility index (Phi) is 5.74. The van der Waals surface area contributed by atoms with Crippen molar-refractivity contribution in [2.75, 3.05) is 13.6 Å². The number of amidine groups is 1. The van der Waals surface area contributed by atoms with Crippen molar-refractivity contribution in [2.24, 2.45) is 10.9 Å². The van der Waals surface area contributed by atoms with Crippen molar-refractivity contribution in [3.8, 4) is 0 Å². The summed E-state index contributed by atoms with van der Waals surface area (Å²) in [5.74, 6) is 0.235. The van der Waals surface area contributed by atoms with Gasteiger partial charge in [0.1, 0.15) is 5.84 Å². The molecule has 0 unspecified atom stereocenters. The van der Waals surface area contributed by atoms with Crippen LogP contribution in [0.5, 0.6) is 0 Å². The lowest BCUT2D eigenvalue weighted by Crippen LogP contribution is -2.24. The number of oxime groups is 1. The van der Waals surface area contributed by atoms with Crippen LogP contribution in [0.3, 0.4) is 0 Å². The minimum Gasteiger partial charge on any atom is -0.409 e. The molecule has 1 aromatic carbocycles. The molecule has 0 heterocycles. The summed E-state index contributed by atoms with van der Waals surface area (Å²) in [6.07, 6.45) is 0.529. The normalized spacial score (nSPS) is 12.1. The van der Waals surface area contributed by atoms with Crippen molar-refractivity contribution in [1.29, 1.82) is 0 Å². The molecule has 1 aromatic rings. The first-order valence-electron chi connectivity index (χ1n) is 5.12. The molecule has 3 N–H and O–H groups in total. The van der Waals surface area contributed by atoms with Gasteiger partial charge in [-0.2, -0.15) is 0 Å². The summed E-state index contributed by atoms with van der Waals surface area (Å²) in [5, 5.41) is 12.1. The Bertz CT molecular complexity index is 412. The molecule has 0 aliphatic carbocycles. The molecule has 0 aliphatic rings. The molecule has 0 radical (unpaired) electrons. The highest BCUT2D eigenvalue weighted by Gasteiger charge is 2.05. The molecule has 1 rings (SSSR count). The van der Waals surface area contributed by atoms with Crippen LogP contribution in [0, 0.1) is 0 Å². The fourth-order valence-electron chi connectivity index (χ4n) is 1.38. The molecule has 4 nitrogen and oxygen atoms in total. The maximum absolute atomic E-state index is 8.43. The number of rotatable bonds is 5. The third-order valence-corrected chi connectivity index (χ3v) is 3.18. The molecule has 94 valence electrons. The van der Waals surface area contributed by atoms with E-state index in [0.29, 0.717) is 13.0 Å². The first kappa shape index (κ1) is 14.3. The highest BCUT2D eigenvalue weighted by atomic mass is 79.9. The number of hydrogen-bond donors (Lipinski definition) is 2. The fourth-order valence-corrected chi connectivity index (χ4v) is 2.11. The van der Waals surface area contributed by atoms with E-state index >= 15 is 0 Å². The summed E-state index contributed by atoms with van der Waals surface area (Å²) in [6.45, 7) is 1.44. The predicted molar refractivity (Wildman–Crippen MR) is 73.5 cm³/mol. The molecule has 0 spiro atoms. The maximum Gasteiger partial charge on any atom is 0.140 e. The van der Waals surface area contributed by atoms with Crippen LogP contribution in [0.2, 0.25) is 5.02 Å². The Balaban J connectivity index is 2.53. The van der Waals surface area contributed by atoms with Gasteiger partial charge >= 0.3 is 0 Å². The van der Waals surface area contributed by atoms with E-state index in [-0.39, 0.29) is 5.84 Å². The van der Waals surface area contributed by atoms with Crippen molar-refractivity contribution < 1.29 is 5.21 Å². The summed E-state index contributed by atoms with van der Waals surface area (Å²) < 4.78 is 0.963. The van der Waals surface area contributed by atoms with Crippen LogP contribution in [-0.2, 0) is 6.54 Å². The summed E-state index contributed by atoms with van der Waals surface area (Å²) >= 11 is 9.48. The topological polar surface area (TPSA) is 61.8 Å². The van der Waals surface area contributed by atoms with Gasteiger partial charge in [0, 0.05) is 29.0 Å². The third-order valence-electron chi connectivity index (χ3n) is 2.33. The van der Waals surface area contributed by atoms with Gasteiger partial charge in [0.25, 0.3) is 0 Å². The van der Waals surface area contributed by atoms with Gasteiger partial charge < -0.3 is 15.8 Å². The highest BCUT2D eigenvalue weighted by Crippen LogP contribution is 2.22. The van der Waals surface area contributed by atoms with E-state index in [9.17, 15) is 0 Å². The summed E-state index contributed by atoms with van der Waals surface area (Å²) in [4.78, 5) is 2.06. The van der Waals surface area contributed by atoms with E-state index in [4.69, 9.17) is 22.5 Å². The van der Waals surface area contributed by atoms with Crippen LogP contribution >= 0.6 is 27.5 Å². The van der Waals surface area contributed by atoms with Crippen LogP contribution in [0.1, 0.15) is 12.0 Å². The van der Waals surface area contributed by atoms with Crippen LogP contribution in [0.4, 0.5) is 0 Å². The lowest BCUT2D eigenvalue weighted by atomic mass is 10.2. The van der Waals surface area contributed by atoms with Crippen LogP contribution in [0.15, 0.2) is 27.8 Å². The maximum atomic E-state index is 8.43. The van der Waals surface area contributed by atoms with Gasteiger partial charge in [-0.15, -0.1) is 0 Å². The second-order valence-corrected chi connectivity index (χ2v) is 5.14. The third kappa shape index (κ3) is 4.93. The molecule has 0 amide bonds. The number of benzene rings is 1. The first-order chi connectivity index (χ1) is 8.02. The fraction of sp³-hybridized carbons (Fsp3) is 0.364. The van der Waals surface area contributed by atoms with Crippen LogP contribution in [0.25, 0.3) is 0 Å². The van der Waals surface area contributed by atoms with E-state index in [1.165, 1.54) is 0 Å². The standard InChI is InChI=1S/C11H15BrClN3O/c1-16(5-4-11(14)15-17)7-8-2-3-9(12)6-10(8)13/h2-3,6,17H,4-5,7H2,1H3,(H2,14,15). The zero-order valence-corrected chi connectivity index (χ0v) is 11.9. The molecule has 6 heteroatoms. The van der Waals surface area contributed by atoms with Gasteiger partial charge in [0.2, 0.25) is 0 Å². The van der Waals surface area contributed by atoms with E-state index in [0.717, 1.165) is 21.6 Å². The SMILES string of the molecule is CN(CC/C(N)=N/O)Cc1ccc(Br)cc1Cl. The minimum atomic E-state index is 0.235. The highest BCUT2D eigenvalue weighted by molar-refractivity contribution is 9.10. The zero-order chi connectivity index (χ0) is 12.8. The summed E-state index contributed by atoms with van der Waals surface area (Å²) in [7, 11) is 1.96. The van der Waals surface area contributed by atoms with Crippen molar-refractivity contribution in [1.82, 2.24) is 4.90 Å². The van der Waals surface area contributed by atoms with Crippen molar-refractivity contribution in [2.45, 2.75) is 13.0 Å². The molecule has 0 aliphatic heterocycles. The van der Waals surface area contributed by atoms with Gasteiger partial charge in [0.05, 0.1) is 0 Å². The molecular weight excluding hydrogens is 305 g/mol. The predicted octanol–water partition coefficient (Wildman–Crippen LogP) is 2.67. The number of nitrogens with zero attached hydrogens (tertiary/aromatic N) is 2. The molecule has 0 atom stereocenters. The van der Waals surface area contributed by atoms with Gasteiger partial charge in [-0.1, -0.05) is 38.8 Å². The van der Waals surface area contributed by atoms with Crippen molar-refractivity contribution >= 4 is 33.4 Å². The molecule has 0 saturated heterocycles. The first-order valence-corrected chi connectivity index (χ1v) is 6.29. The minimum absolute atomic E-state index is 0.235. The molecule has 17 heavy (non-hydrogen) atoms. The van der Waals surface area contributed by atoms with Crippen LogP contribution < -0.4 is 5.73 Å². The Morgan fingerprint density at radius 2 is 2.29 bits per heavy atom. The largest absolute Gasteiger partial charge is 0.409 e. The zero-order valence-electron chi connectivity index (χ0n) is 9.53. The monoisotopic (exact) mass is 319 g/mol. The van der Waals surface area contributed by atoms with Gasteiger partial charge in [-0.05, 0) is 24.7 Å². The summed E-state index contributed by atoms with van der Waals surface area (Å²) in [6, 6.07) is 5.80. The smallest absolute Gasteiger partial charge is 0.140 e. The van der Waals surface area contributed by atoms with E-state index < -0.39 is 0 Å². The Morgan fingerprint density at radius 3 is 2.88 bits per heavy atom. The average molecular weight is 321 g/mol. The van der Waals surface area contributed by atoms with Gasteiger partial charge in [-0.25, -0.2) is 0 Å². The quantitative estimate of drug-likeness (QED) is 0.379. The number of nitrogens with two attached hydrogens (primary N) is 1. The van der Waals surface area contributed by atoms with Crippen molar-refractivity contribution in [3.05, 3.63) is 33.3 Å². The number of halogens is 2. The molecule has 0 fully saturated rings. The Morgan fingerprint density at radius 1 is 1.59 bits per heavy atom. The lowest BCUT2D eigenvalue weighted by molar-refractivity contribution is 0.309. The second kappa shape index (κ2) is 6.83. The molecule has 0 bridgehead atoms.